The van der Waals surface area contributed by atoms with Gasteiger partial charge in [-0.3, -0.25) is 0 Å². The highest BCUT2D eigenvalue weighted by atomic mass is 35.5. The van der Waals surface area contributed by atoms with E-state index in [9.17, 15) is 10.0 Å². The van der Waals surface area contributed by atoms with Crippen LogP contribution in [-0.2, 0) is 0 Å². The molecule has 0 aliphatic rings. The van der Waals surface area contributed by atoms with E-state index < -0.39 is 43.4 Å². The van der Waals surface area contributed by atoms with Gasteiger partial charge in [0.2, 0.25) is 5.28 Å². The highest BCUT2D eigenvalue weighted by molar-refractivity contribution is 7.27. The Balaban J connectivity index is 0.000000130. The van der Waals surface area contributed by atoms with Gasteiger partial charge < -0.3 is 19.2 Å². The van der Waals surface area contributed by atoms with Gasteiger partial charge in [0, 0.05) is 107 Å². The molecule has 10 nitrogen and oxygen atoms in total. The van der Waals surface area contributed by atoms with Gasteiger partial charge in [0.25, 0.3) is 0 Å². The van der Waals surface area contributed by atoms with Gasteiger partial charge in [0.1, 0.15) is 0 Å². The van der Waals surface area contributed by atoms with E-state index in [4.69, 9.17) is 40.3 Å². The second-order valence-corrected chi connectivity index (χ2v) is 27.0. The van der Waals surface area contributed by atoms with Gasteiger partial charge in [-0.1, -0.05) is 267 Å². The van der Waals surface area contributed by atoms with E-state index >= 15 is 0 Å². The predicted octanol–water partition coefficient (Wildman–Crippen LogP) is 22.4. The van der Waals surface area contributed by atoms with Crippen LogP contribution in [0.15, 0.2) is 339 Å². The smallest absolute Gasteiger partial charge is 0.423 e. The first kappa shape index (κ1) is 53.3. The first-order chi connectivity index (χ1) is 55.4. The highest BCUT2D eigenvalue weighted by Crippen LogP contribution is 2.45. The molecule has 14 heteroatoms. The molecular weight excluding hydrogens is 1340 g/mol. The third kappa shape index (κ3) is 12.0. The molecule has 20 rings (SSSR count). The number of nitrogens with zero attached hydrogens (tertiary/aromatic N) is 8. The van der Waals surface area contributed by atoms with Gasteiger partial charge in [-0.15, -0.1) is 22.7 Å². The van der Waals surface area contributed by atoms with Crippen molar-refractivity contribution in [3.05, 3.63) is 345 Å². The van der Waals surface area contributed by atoms with Crippen molar-refractivity contribution >= 4 is 131 Å². The van der Waals surface area contributed by atoms with Crippen LogP contribution < -0.4 is 5.46 Å². The molecule has 0 unspecified atom stereocenters. The Morgan fingerprint density at radius 2 is 0.644 bits per heavy atom. The van der Waals surface area contributed by atoms with E-state index in [1.54, 1.807) is 46.9 Å². The molecule has 104 heavy (non-hydrogen) atoms. The molecule has 2 N–H and O–H groups in total. The summed E-state index contributed by atoms with van der Waals surface area (Å²) in [6, 6.07) is 89.8. The fourth-order valence-corrected chi connectivity index (χ4v) is 16.1. The summed E-state index contributed by atoms with van der Waals surface area (Å²) in [5.41, 5.74) is 13.1. The predicted molar refractivity (Wildman–Crippen MR) is 433 cm³/mol. The lowest BCUT2D eigenvalue weighted by Crippen LogP contribution is -2.30. The first-order valence-electron chi connectivity index (χ1n) is 38.3. The molecule has 0 aliphatic heterocycles. The summed E-state index contributed by atoms with van der Waals surface area (Å²) in [5.74, 6) is 0.862. The fourth-order valence-electron chi connectivity index (χ4n) is 13.6. The summed E-state index contributed by atoms with van der Waals surface area (Å²) in [4.78, 5) is 27.0. The summed E-state index contributed by atoms with van der Waals surface area (Å²) in [6.45, 7) is 0. The van der Waals surface area contributed by atoms with Crippen molar-refractivity contribution in [3.63, 3.8) is 0 Å². The van der Waals surface area contributed by atoms with Gasteiger partial charge in [0.15, 0.2) is 29.1 Å². The van der Waals surface area contributed by atoms with Gasteiger partial charge in [-0.2, -0.15) is 9.97 Å². The molecule has 14 aromatic carbocycles. The molecule has 0 saturated heterocycles. The van der Waals surface area contributed by atoms with Crippen molar-refractivity contribution in [3.8, 4) is 90.6 Å². The van der Waals surface area contributed by atoms with E-state index in [1.807, 2.05) is 103 Å². The van der Waals surface area contributed by atoms with Crippen molar-refractivity contribution in [1.29, 1.82) is 0 Å². The second kappa shape index (κ2) is 27.4. The zero-order valence-corrected chi connectivity index (χ0v) is 57.2. The van der Waals surface area contributed by atoms with E-state index in [0.29, 0.717) is 28.2 Å². The molecule has 0 radical (unpaired) electrons. The summed E-state index contributed by atoms with van der Waals surface area (Å²) >= 11 is 9.20. The minimum absolute atomic E-state index is 0.00347. The Hall–Kier alpha value is -12.6. The first-order valence-corrected chi connectivity index (χ1v) is 35.3. The Morgan fingerprint density at radius 3 is 1.08 bits per heavy atom. The molecule has 6 aromatic heterocycles. The van der Waals surface area contributed by atoms with Crippen LogP contribution in [-0.4, -0.2) is 56.2 Å². The number of benzene rings is 14. The Labute approximate surface area is 625 Å². The summed E-state index contributed by atoms with van der Waals surface area (Å²) in [7, 11) is -1.56. The van der Waals surface area contributed by atoms with Crippen LogP contribution in [0.3, 0.4) is 0 Å². The zero-order chi connectivity index (χ0) is 78.3. The lowest BCUT2D eigenvalue weighted by molar-refractivity contribution is 0.426. The monoisotopic (exact) mass is 1400 g/mol. The highest BCUT2D eigenvalue weighted by Gasteiger charge is 2.24. The number of para-hydroxylation sites is 4. The molecule has 492 valence electrons. The fraction of sp³-hybridized carbons (Fsp3) is 0. The molecule has 0 bridgehead atoms. The topological polar surface area (TPSA) is 128 Å². The maximum Gasteiger partial charge on any atom is 0.489 e. The number of hydrogen-bond donors (Lipinski definition) is 2. The van der Waals surface area contributed by atoms with Crippen molar-refractivity contribution in [2.45, 2.75) is 0 Å². The van der Waals surface area contributed by atoms with Crippen LogP contribution in [0.4, 0.5) is 0 Å². The number of hydrogen-bond acceptors (Lipinski definition) is 10. The second-order valence-electron chi connectivity index (χ2n) is 24.5. The lowest BCUT2D eigenvalue weighted by atomic mass is 9.79. The number of fused-ring (bicyclic) bond motifs is 12. The third-order valence-electron chi connectivity index (χ3n) is 18.3. The minimum atomic E-state index is -1.56. The third-order valence-corrected chi connectivity index (χ3v) is 20.9. The summed E-state index contributed by atoms with van der Waals surface area (Å²) in [5, 5.41) is 29.5. The molecule has 0 spiro atoms. The average Bonchev–Trinajstić information content (AvgIpc) is 1.55. The molecule has 0 saturated carbocycles. The van der Waals surface area contributed by atoms with Crippen LogP contribution in [0, 0.1) is 0 Å². The molecular formula is C90H58BClN8O2S2. The van der Waals surface area contributed by atoms with Crippen LogP contribution in [0.2, 0.25) is 5.28 Å². The van der Waals surface area contributed by atoms with Gasteiger partial charge >= 0.3 is 7.12 Å². The summed E-state index contributed by atoms with van der Waals surface area (Å²) in [6.07, 6.45) is 0. The SMILES string of the molecule is OB(O)c1cc(-n2c3ccccc3c3ccccc32)cc2c1sc1ccc(-c3ccccc3)cc12.[2H]c1c([2H])c([2H])c(-c2nc(-c3ccccc3)nc(-c3cc(-n4c5ccccc5c5ccccc54)cc4c3sc3ccc(-c5ccccc5)cc34)n2)c([2H])c1[2H].[2H]c1c([2H])c([2H])c(-c2nc(Cl)nc(-c3ccccc3)n2)c([2H])c1[2H]. The van der Waals surface area contributed by atoms with Crippen molar-refractivity contribution in [2.75, 3.05) is 0 Å². The molecule has 0 amide bonds. The van der Waals surface area contributed by atoms with E-state index in [2.05, 4.69) is 176 Å². The quantitative estimate of drug-likeness (QED) is 0.130. The molecule has 0 aliphatic carbocycles. The van der Waals surface area contributed by atoms with Crippen LogP contribution in [0.25, 0.3) is 175 Å². The standard InChI is InChI=1S/C45H28N4S.C30H20BNO2S.C15H10ClN3/c1-4-14-29(15-5-1)32-24-25-41-36(26-32)37-27-33(49-39-22-12-10-20-34(39)35-21-11-13-23-40(35)49)28-38(42(37)50-41)45-47-43(30-16-6-2-7-17-30)46-44(48-45)31-18-8-3-9-19-31;33-31(34)26-18-21(32-27-12-6-4-10-22(27)23-11-5-7-13-28(23)32)17-25-24-16-20(19-8-2-1-3-9-19)14-15-29(24)35-30(25)26;16-15-18-13(11-7-3-1-4-8-11)17-14(19-15)12-9-5-2-6-10-12/h1-28H;1-18,33-34H;1-10H/i2D,6D,7D,16D,17D;;1D,3D,4D,7D,8D. The van der Waals surface area contributed by atoms with Crippen molar-refractivity contribution in [2.24, 2.45) is 0 Å². The van der Waals surface area contributed by atoms with E-state index in [-0.39, 0.29) is 58.1 Å². The maximum atomic E-state index is 10.4. The Kier molecular flexibility index (Phi) is 14.0. The molecule has 0 atom stereocenters. The van der Waals surface area contributed by atoms with Crippen LogP contribution >= 0.6 is 34.3 Å². The number of aromatic nitrogens is 8. The zero-order valence-electron chi connectivity index (χ0n) is 64.8. The Morgan fingerprint density at radius 1 is 0.298 bits per heavy atom. The average molecular weight is 1400 g/mol. The maximum absolute atomic E-state index is 10.4. The largest absolute Gasteiger partial charge is 0.489 e. The summed E-state index contributed by atoms with van der Waals surface area (Å²) < 4.78 is 90.5. The number of rotatable bonds is 10. The lowest BCUT2D eigenvalue weighted by Gasteiger charge is -2.13. The number of thiophene rings is 2. The van der Waals surface area contributed by atoms with Crippen LogP contribution in [0.1, 0.15) is 13.7 Å². The van der Waals surface area contributed by atoms with Gasteiger partial charge in [-0.05, 0) is 107 Å². The van der Waals surface area contributed by atoms with Crippen LogP contribution in [0.5, 0.6) is 0 Å². The van der Waals surface area contributed by atoms with E-state index in [1.165, 1.54) is 10.8 Å². The van der Waals surface area contributed by atoms with Crippen molar-refractivity contribution in [1.82, 2.24) is 39.0 Å². The van der Waals surface area contributed by atoms with Gasteiger partial charge in [0.05, 0.1) is 35.8 Å². The molecule has 6 heterocycles. The Bertz CT molecular complexity index is 7100. The van der Waals surface area contributed by atoms with Gasteiger partial charge in [-0.25, -0.2) is 19.9 Å². The van der Waals surface area contributed by atoms with Crippen molar-refractivity contribution < 1.29 is 23.8 Å². The number of halogens is 1. The normalized spacial score (nSPS) is 12.8. The molecule has 20 aromatic rings. The minimum Gasteiger partial charge on any atom is -0.423 e. The molecule has 0 fully saturated rings. The van der Waals surface area contributed by atoms with E-state index in [0.717, 1.165) is 112 Å².